The molecule has 1 aliphatic rings. The topological polar surface area (TPSA) is 29.1 Å². The van der Waals surface area contributed by atoms with E-state index in [1.54, 1.807) is 6.08 Å². The average molecular weight is 239 g/mol. The van der Waals surface area contributed by atoms with Gasteiger partial charge in [-0.05, 0) is 13.3 Å². The molecule has 1 amide bonds. The maximum absolute atomic E-state index is 10.1. The highest BCUT2D eigenvalue weighted by Gasteiger charge is 2.05. The zero-order valence-electron chi connectivity index (χ0n) is 12.1. The maximum Gasteiger partial charge on any atom is 0.220 e. The van der Waals surface area contributed by atoms with Crippen LogP contribution in [0.4, 0.5) is 0 Å². The van der Waals surface area contributed by atoms with Gasteiger partial charge in [0, 0.05) is 13.0 Å². The largest absolute Gasteiger partial charge is 0.356 e. The van der Waals surface area contributed by atoms with Crippen molar-refractivity contribution in [2.75, 3.05) is 6.54 Å². The summed E-state index contributed by atoms with van der Waals surface area (Å²) in [7, 11) is 0. The molecule has 0 atom stereocenters. The van der Waals surface area contributed by atoms with Crippen molar-refractivity contribution in [3.05, 3.63) is 37.0 Å². The molecule has 1 fully saturated rings. The van der Waals surface area contributed by atoms with E-state index < -0.39 is 0 Å². The van der Waals surface area contributed by atoms with Crippen molar-refractivity contribution < 1.29 is 4.79 Å². The van der Waals surface area contributed by atoms with Crippen molar-refractivity contribution in [2.45, 2.75) is 47.5 Å². The lowest BCUT2D eigenvalue weighted by atomic mass is 10.4. The van der Waals surface area contributed by atoms with E-state index in [4.69, 9.17) is 0 Å². The van der Waals surface area contributed by atoms with Crippen molar-refractivity contribution in [3.8, 4) is 0 Å². The lowest BCUT2D eigenvalue weighted by Crippen LogP contribution is -2.12. The zero-order chi connectivity index (χ0) is 13.9. The van der Waals surface area contributed by atoms with Crippen LogP contribution in [-0.2, 0) is 4.79 Å². The second-order valence-electron chi connectivity index (χ2n) is 2.60. The number of allylic oxidation sites excluding steroid dienone is 5. The van der Waals surface area contributed by atoms with Gasteiger partial charge in [0.25, 0.3) is 0 Å². The quantitative estimate of drug-likeness (QED) is 0.717. The first kappa shape index (κ1) is 21.0. The van der Waals surface area contributed by atoms with Gasteiger partial charge in [-0.25, -0.2) is 0 Å². The molecular formula is C15H29NO. The highest BCUT2D eigenvalue weighted by Crippen LogP contribution is 1.93. The minimum atomic E-state index is 0.204. The summed E-state index contributed by atoms with van der Waals surface area (Å²) in [6, 6.07) is 0. The number of hydrogen-bond acceptors (Lipinski definition) is 1. The summed E-state index contributed by atoms with van der Waals surface area (Å²) < 4.78 is 0. The number of hydrogen-bond donors (Lipinski definition) is 1. The van der Waals surface area contributed by atoms with E-state index in [-0.39, 0.29) is 5.91 Å². The molecule has 0 aromatic carbocycles. The highest BCUT2D eigenvalue weighted by molar-refractivity contribution is 5.77. The van der Waals surface area contributed by atoms with Crippen LogP contribution < -0.4 is 5.32 Å². The lowest BCUT2D eigenvalue weighted by molar-refractivity contribution is -0.119. The first-order chi connectivity index (χ1) is 8.31. The molecule has 1 aliphatic heterocycles. The molecule has 0 aromatic rings. The van der Waals surface area contributed by atoms with Crippen LogP contribution >= 0.6 is 0 Å². The number of amides is 1. The molecule has 0 saturated carbocycles. The van der Waals surface area contributed by atoms with Gasteiger partial charge in [-0.1, -0.05) is 64.7 Å². The Bertz CT molecular complexity index is 197. The van der Waals surface area contributed by atoms with Gasteiger partial charge in [0.1, 0.15) is 0 Å². The van der Waals surface area contributed by atoms with Crippen molar-refractivity contribution >= 4 is 5.91 Å². The Hall–Kier alpha value is -1.31. The Balaban J connectivity index is -0.000000179. The molecule has 2 nitrogen and oxygen atoms in total. The summed E-state index contributed by atoms with van der Waals surface area (Å²) in [5.41, 5.74) is 0. The average Bonchev–Trinajstić information content (AvgIpc) is 2.87. The first-order valence-electron chi connectivity index (χ1n) is 6.48. The van der Waals surface area contributed by atoms with Crippen molar-refractivity contribution in [1.29, 1.82) is 0 Å². The van der Waals surface area contributed by atoms with E-state index in [1.165, 1.54) is 0 Å². The second-order valence-corrected chi connectivity index (χ2v) is 2.60. The normalized spacial score (nSPS) is 12.6. The van der Waals surface area contributed by atoms with Crippen LogP contribution in [0.3, 0.4) is 0 Å². The third-order valence-electron chi connectivity index (χ3n) is 1.45. The van der Waals surface area contributed by atoms with E-state index in [0.717, 1.165) is 19.4 Å². The van der Waals surface area contributed by atoms with Gasteiger partial charge in [-0.15, -0.1) is 0 Å². The molecule has 1 heterocycles. The standard InChI is InChI=1S/C7H10.C4H7NO.2C2H6/c1-3-5-7-6-4-2;6-4-2-1-3-5-4;2*1-2/h3-7H,1H2,2H3;1-3H2,(H,5,6);2*1-2H3/b6-4-,7-5-;;;. The summed E-state index contributed by atoms with van der Waals surface area (Å²) in [6.07, 6.45) is 11.3. The van der Waals surface area contributed by atoms with Gasteiger partial charge in [0.2, 0.25) is 5.91 Å². The molecule has 1 rings (SSSR count). The van der Waals surface area contributed by atoms with E-state index in [1.807, 2.05) is 58.9 Å². The fourth-order valence-corrected chi connectivity index (χ4v) is 0.819. The Labute approximate surface area is 108 Å². The summed E-state index contributed by atoms with van der Waals surface area (Å²) in [5, 5.41) is 2.68. The predicted octanol–water partition coefficient (Wildman–Crippen LogP) is 4.25. The van der Waals surface area contributed by atoms with Crippen LogP contribution in [0.15, 0.2) is 37.0 Å². The second kappa shape index (κ2) is 24.1. The Morgan fingerprint density at radius 2 is 1.71 bits per heavy atom. The van der Waals surface area contributed by atoms with Crippen LogP contribution in [-0.4, -0.2) is 12.5 Å². The van der Waals surface area contributed by atoms with Crippen LogP contribution in [0.2, 0.25) is 0 Å². The number of nitrogens with one attached hydrogen (secondary N) is 1. The third-order valence-corrected chi connectivity index (χ3v) is 1.45. The minimum Gasteiger partial charge on any atom is -0.356 e. The van der Waals surface area contributed by atoms with E-state index in [2.05, 4.69) is 11.9 Å². The molecule has 100 valence electrons. The van der Waals surface area contributed by atoms with Crippen LogP contribution in [0.5, 0.6) is 0 Å². The lowest BCUT2D eigenvalue weighted by Gasteiger charge is -1.80. The van der Waals surface area contributed by atoms with Crippen molar-refractivity contribution in [1.82, 2.24) is 5.32 Å². The van der Waals surface area contributed by atoms with Gasteiger partial charge >= 0.3 is 0 Å². The van der Waals surface area contributed by atoms with Crippen LogP contribution in [0.1, 0.15) is 47.5 Å². The fraction of sp³-hybridized carbons (Fsp3) is 0.533. The first-order valence-corrected chi connectivity index (χ1v) is 6.48. The Morgan fingerprint density at radius 3 is 1.94 bits per heavy atom. The summed E-state index contributed by atoms with van der Waals surface area (Å²) in [6.45, 7) is 14.4. The van der Waals surface area contributed by atoms with Gasteiger partial charge in [0.05, 0.1) is 0 Å². The third kappa shape index (κ3) is 25.2. The molecule has 2 heteroatoms. The van der Waals surface area contributed by atoms with Gasteiger partial charge < -0.3 is 5.32 Å². The number of rotatable bonds is 2. The molecule has 0 aromatic heterocycles. The van der Waals surface area contributed by atoms with Crippen molar-refractivity contribution in [3.63, 3.8) is 0 Å². The molecule has 17 heavy (non-hydrogen) atoms. The van der Waals surface area contributed by atoms with Crippen LogP contribution in [0.25, 0.3) is 0 Å². The SMILES string of the molecule is C=C/C=C\C=C/C.CC.CC.O=C1CCCN1. The summed E-state index contributed by atoms with van der Waals surface area (Å²) in [4.78, 5) is 10.1. The number of carbonyl (C=O) groups is 1. The fourth-order valence-electron chi connectivity index (χ4n) is 0.819. The zero-order valence-corrected chi connectivity index (χ0v) is 12.1. The molecule has 0 radical (unpaired) electrons. The molecule has 0 spiro atoms. The van der Waals surface area contributed by atoms with E-state index in [0.29, 0.717) is 0 Å². The number of carbonyl (C=O) groups excluding carboxylic acids is 1. The summed E-state index contributed by atoms with van der Waals surface area (Å²) in [5.74, 6) is 0.204. The van der Waals surface area contributed by atoms with Gasteiger partial charge in [0.15, 0.2) is 0 Å². The monoisotopic (exact) mass is 239 g/mol. The minimum absolute atomic E-state index is 0.204. The molecule has 0 bridgehead atoms. The molecular weight excluding hydrogens is 210 g/mol. The van der Waals surface area contributed by atoms with E-state index in [9.17, 15) is 4.79 Å². The Kier molecular flexibility index (Phi) is 29.8. The predicted molar refractivity (Wildman–Crippen MR) is 79.1 cm³/mol. The molecule has 1 saturated heterocycles. The van der Waals surface area contributed by atoms with E-state index >= 15 is 0 Å². The van der Waals surface area contributed by atoms with Crippen LogP contribution in [0, 0.1) is 0 Å². The molecule has 1 N–H and O–H groups in total. The van der Waals surface area contributed by atoms with Crippen molar-refractivity contribution in [2.24, 2.45) is 0 Å². The molecule has 0 aliphatic carbocycles. The Morgan fingerprint density at radius 1 is 1.12 bits per heavy atom. The maximum atomic E-state index is 10.1. The van der Waals surface area contributed by atoms with Gasteiger partial charge in [-0.2, -0.15) is 0 Å². The smallest absolute Gasteiger partial charge is 0.220 e. The summed E-state index contributed by atoms with van der Waals surface area (Å²) >= 11 is 0. The highest BCUT2D eigenvalue weighted by atomic mass is 16.1. The molecule has 0 unspecified atom stereocenters. The van der Waals surface area contributed by atoms with Gasteiger partial charge in [-0.3, -0.25) is 4.79 Å².